The Morgan fingerprint density at radius 1 is 1.36 bits per heavy atom. The third-order valence-electron chi connectivity index (χ3n) is 5.79. The van der Waals surface area contributed by atoms with Crippen LogP contribution in [-0.4, -0.2) is 52.9 Å². The molecule has 2 aliphatic heterocycles. The number of likely N-dealkylation sites (tertiary alicyclic amines) is 1. The van der Waals surface area contributed by atoms with Gasteiger partial charge in [-0.05, 0) is 31.4 Å². The van der Waals surface area contributed by atoms with Crippen LogP contribution in [0, 0.1) is 0 Å². The number of rotatable bonds is 3. The van der Waals surface area contributed by atoms with Gasteiger partial charge in [-0.15, -0.1) is 0 Å². The smallest absolute Gasteiger partial charge is 0.388 e. The number of nitrogens with one attached hydrogen (secondary N) is 1. The highest BCUT2D eigenvalue weighted by molar-refractivity contribution is 5.73. The van der Waals surface area contributed by atoms with Crippen LogP contribution < -0.4 is 5.32 Å². The normalized spacial score (nSPS) is 28.3. The summed E-state index contributed by atoms with van der Waals surface area (Å²) in [5.41, 5.74) is -1.52. The fraction of sp³-hybridized carbons (Fsp3) is 0.650. The quantitative estimate of drug-likeness (QED) is 0.819. The molecule has 2 atom stereocenters. The summed E-state index contributed by atoms with van der Waals surface area (Å²) in [5.74, 6) is -0.208. The Kier molecular flexibility index (Phi) is 5.76. The van der Waals surface area contributed by atoms with Crippen LogP contribution in [0.25, 0.3) is 0 Å². The van der Waals surface area contributed by atoms with Crippen molar-refractivity contribution in [3.8, 4) is 0 Å². The summed E-state index contributed by atoms with van der Waals surface area (Å²) in [6, 6.07) is 4.98. The molecule has 2 saturated heterocycles. The molecule has 0 bridgehead atoms. The van der Waals surface area contributed by atoms with Crippen LogP contribution in [0.15, 0.2) is 24.3 Å². The van der Waals surface area contributed by atoms with E-state index >= 15 is 0 Å². The molecule has 1 aromatic carbocycles. The molecule has 28 heavy (non-hydrogen) atoms. The average Bonchev–Trinajstić information content (AvgIpc) is 2.59. The SMILES string of the molecule is CC(=O)N[C@H]1COC2(CCN(Cc3cccc(C(F)(F)F)c3)CC2)C[C@]1(C)O. The predicted molar refractivity (Wildman–Crippen MR) is 97.5 cm³/mol. The van der Waals surface area contributed by atoms with E-state index in [2.05, 4.69) is 10.2 Å². The van der Waals surface area contributed by atoms with E-state index in [1.807, 2.05) is 0 Å². The molecule has 5 nitrogen and oxygen atoms in total. The second-order valence-electron chi connectivity index (χ2n) is 8.26. The summed E-state index contributed by atoms with van der Waals surface area (Å²) < 4.78 is 44.7. The molecule has 0 aromatic heterocycles. The van der Waals surface area contributed by atoms with Crippen molar-refractivity contribution in [2.24, 2.45) is 0 Å². The lowest BCUT2D eigenvalue weighted by Gasteiger charge is -2.51. The van der Waals surface area contributed by atoms with Gasteiger partial charge < -0.3 is 15.2 Å². The van der Waals surface area contributed by atoms with E-state index in [4.69, 9.17) is 4.74 Å². The van der Waals surface area contributed by atoms with E-state index in [-0.39, 0.29) is 12.5 Å². The van der Waals surface area contributed by atoms with Gasteiger partial charge >= 0.3 is 6.18 Å². The number of nitrogens with zero attached hydrogens (tertiary/aromatic N) is 1. The molecule has 0 radical (unpaired) electrons. The van der Waals surface area contributed by atoms with E-state index in [9.17, 15) is 23.1 Å². The summed E-state index contributed by atoms with van der Waals surface area (Å²) >= 11 is 0. The van der Waals surface area contributed by atoms with Crippen molar-refractivity contribution in [2.75, 3.05) is 19.7 Å². The van der Waals surface area contributed by atoms with Crippen molar-refractivity contribution in [1.82, 2.24) is 10.2 Å². The molecule has 1 amide bonds. The molecule has 156 valence electrons. The first-order valence-corrected chi connectivity index (χ1v) is 9.51. The number of halogens is 3. The van der Waals surface area contributed by atoms with Gasteiger partial charge in [0.05, 0.1) is 29.4 Å². The molecule has 2 fully saturated rings. The Labute approximate surface area is 162 Å². The summed E-state index contributed by atoms with van der Waals surface area (Å²) in [4.78, 5) is 13.4. The summed E-state index contributed by atoms with van der Waals surface area (Å²) in [6.45, 7) is 5.18. The molecule has 3 rings (SSSR count). The Balaban J connectivity index is 1.58. The van der Waals surface area contributed by atoms with E-state index in [0.717, 1.165) is 6.07 Å². The monoisotopic (exact) mass is 400 g/mol. The van der Waals surface area contributed by atoms with Gasteiger partial charge in [0.2, 0.25) is 5.91 Å². The van der Waals surface area contributed by atoms with Crippen LogP contribution in [0.2, 0.25) is 0 Å². The predicted octanol–water partition coefficient (Wildman–Crippen LogP) is 2.72. The van der Waals surface area contributed by atoms with Gasteiger partial charge in [-0.1, -0.05) is 18.2 Å². The third kappa shape index (κ3) is 4.85. The number of carbonyl (C=O) groups is 1. The number of amides is 1. The molecule has 1 aromatic rings. The summed E-state index contributed by atoms with van der Waals surface area (Å²) in [5, 5.41) is 13.5. The Bertz CT molecular complexity index is 713. The highest BCUT2D eigenvalue weighted by Gasteiger charge is 2.49. The molecule has 2 heterocycles. The number of alkyl halides is 3. The van der Waals surface area contributed by atoms with Gasteiger partial charge in [-0.25, -0.2) is 0 Å². The van der Waals surface area contributed by atoms with Crippen LogP contribution in [0.3, 0.4) is 0 Å². The van der Waals surface area contributed by atoms with E-state index in [1.54, 1.807) is 13.0 Å². The summed E-state index contributed by atoms with van der Waals surface area (Å²) in [7, 11) is 0. The van der Waals surface area contributed by atoms with Crippen molar-refractivity contribution in [3.05, 3.63) is 35.4 Å². The molecule has 2 N–H and O–H groups in total. The van der Waals surface area contributed by atoms with Gasteiger partial charge in [0.1, 0.15) is 0 Å². The summed E-state index contributed by atoms with van der Waals surface area (Å²) in [6.07, 6.45) is -2.54. The van der Waals surface area contributed by atoms with Gasteiger partial charge in [0.15, 0.2) is 0 Å². The first kappa shape index (κ1) is 21.1. The molecular formula is C20H27F3N2O3. The Hall–Kier alpha value is -1.64. The molecule has 0 saturated carbocycles. The van der Waals surface area contributed by atoms with E-state index < -0.39 is 29.0 Å². The zero-order chi connectivity index (χ0) is 20.6. The van der Waals surface area contributed by atoms with Crippen molar-refractivity contribution >= 4 is 5.91 Å². The fourth-order valence-electron chi connectivity index (χ4n) is 4.25. The largest absolute Gasteiger partial charge is 0.416 e. The maximum Gasteiger partial charge on any atom is 0.416 e. The first-order valence-electron chi connectivity index (χ1n) is 9.51. The van der Waals surface area contributed by atoms with Gasteiger partial charge in [-0.3, -0.25) is 9.69 Å². The number of carbonyl (C=O) groups excluding carboxylic acids is 1. The first-order chi connectivity index (χ1) is 13.0. The number of hydrogen-bond acceptors (Lipinski definition) is 4. The molecule has 1 spiro atoms. The lowest BCUT2D eigenvalue weighted by molar-refractivity contribution is -0.189. The van der Waals surface area contributed by atoms with Gasteiger partial charge in [0, 0.05) is 33.0 Å². The van der Waals surface area contributed by atoms with Gasteiger partial charge in [0.25, 0.3) is 0 Å². The van der Waals surface area contributed by atoms with Crippen LogP contribution in [0.4, 0.5) is 13.2 Å². The minimum Gasteiger partial charge on any atom is -0.388 e. The molecular weight excluding hydrogens is 373 g/mol. The third-order valence-corrected chi connectivity index (χ3v) is 5.79. The van der Waals surface area contributed by atoms with E-state index in [0.29, 0.717) is 44.5 Å². The van der Waals surface area contributed by atoms with Gasteiger partial charge in [-0.2, -0.15) is 13.2 Å². The zero-order valence-electron chi connectivity index (χ0n) is 16.2. The van der Waals surface area contributed by atoms with Crippen molar-refractivity contribution < 1.29 is 27.8 Å². The second kappa shape index (κ2) is 7.65. The highest BCUT2D eigenvalue weighted by atomic mass is 19.4. The van der Waals surface area contributed by atoms with Crippen LogP contribution in [-0.2, 0) is 22.3 Å². The molecule has 2 aliphatic rings. The minimum atomic E-state index is -4.34. The van der Waals surface area contributed by atoms with Crippen molar-refractivity contribution in [3.63, 3.8) is 0 Å². The van der Waals surface area contributed by atoms with Crippen LogP contribution in [0.5, 0.6) is 0 Å². The van der Waals surface area contributed by atoms with Crippen LogP contribution in [0.1, 0.15) is 44.2 Å². The Morgan fingerprint density at radius 3 is 2.61 bits per heavy atom. The lowest BCUT2D eigenvalue weighted by Crippen LogP contribution is -2.63. The highest BCUT2D eigenvalue weighted by Crippen LogP contribution is 2.40. The minimum absolute atomic E-state index is 0.208. The maximum atomic E-state index is 12.9. The standard InChI is InChI=1S/C20H27F3N2O3/c1-14(26)24-17-12-28-19(13-18(17,2)27)6-8-25(9-7-19)11-15-4-3-5-16(10-15)20(21,22)23/h3-5,10,17,27H,6-9,11-13H2,1-2H3,(H,24,26)/t17-,18-/m0/s1. The zero-order valence-corrected chi connectivity index (χ0v) is 16.2. The maximum absolute atomic E-state index is 12.9. The average molecular weight is 400 g/mol. The molecule has 0 unspecified atom stereocenters. The molecule has 0 aliphatic carbocycles. The second-order valence-corrected chi connectivity index (χ2v) is 8.26. The van der Waals surface area contributed by atoms with E-state index in [1.165, 1.54) is 19.1 Å². The fourth-order valence-corrected chi connectivity index (χ4v) is 4.25. The number of ether oxygens (including phenoxy) is 1. The topological polar surface area (TPSA) is 61.8 Å². The Morgan fingerprint density at radius 2 is 2.04 bits per heavy atom. The van der Waals surface area contributed by atoms with Crippen LogP contribution >= 0.6 is 0 Å². The number of hydrogen-bond donors (Lipinski definition) is 2. The molecule has 8 heteroatoms. The number of aliphatic hydroxyl groups is 1. The number of piperidine rings is 1. The van der Waals surface area contributed by atoms with Crippen molar-refractivity contribution in [1.29, 1.82) is 0 Å². The number of benzene rings is 1. The lowest BCUT2D eigenvalue weighted by atomic mass is 9.75. The van der Waals surface area contributed by atoms with Crippen molar-refractivity contribution in [2.45, 2.75) is 63.1 Å².